The maximum Gasteiger partial charge on any atom is 0.0679 e. The van der Waals surface area contributed by atoms with Crippen LogP contribution in [0.25, 0.3) is 0 Å². The SMILES string of the molecule is CCC(C(c1cccc(Cl)c1)C(C)C1(O)CCCCC1)N1CCCCC1. The Hall–Kier alpha value is -0.570. The van der Waals surface area contributed by atoms with E-state index in [1.165, 1.54) is 44.3 Å². The standard InChI is InChI=1S/C23H36ClNO/c1-3-21(25-15-8-5-9-16-25)22(19-11-10-12-20(24)17-19)18(2)23(26)13-6-4-7-14-23/h10-12,17-18,21-22,26H,3-9,13-16H2,1-2H3. The summed E-state index contributed by atoms with van der Waals surface area (Å²) in [4.78, 5) is 2.69. The summed E-state index contributed by atoms with van der Waals surface area (Å²) >= 11 is 6.37. The first-order valence-electron chi connectivity index (χ1n) is 10.8. The van der Waals surface area contributed by atoms with Crippen LogP contribution in [0.15, 0.2) is 24.3 Å². The normalized spacial score (nSPS) is 24.8. The number of nitrogens with zero attached hydrogens (tertiary/aromatic N) is 1. The van der Waals surface area contributed by atoms with Gasteiger partial charge in [-0.2, -0.15) is 0 Å². The van der Waals surface area contributed by atoms with Crippen LogP contribution in [0, 0.1) is 5.92 Å². The van der Waals surface area contributed by atoms with Gasteiger partial charge in [0.05, 0.1) is 5.60 Å². The molecule has 1 heterocycles. The van der Waals surface area contributed by atoms with Gasteiger partial charge >= 0.3 is 0 Å². The fraction of sp³-hybridized carbons (Fsp3) is 0.739. The molecule has 1 aromatic rings. The van der Waals surface area contributed by atoms with Gasteiger partial charge in [0.15, 0.2) is 0 Å². The second-order valence-corrected chi connectivity index (χ2v) is 9.04. The highest BCUT2D eigenvalue weighted by molar-refractivity contribution is 6.30. The van der Waals surface area contributed by atoms with Crippen LogP contribution in [0.5, 0.6) is 0 Å². The van der Waals surface area contributed by atoms with Crippen molar-refractivity contribution in [3.63, 3.8) is 0 Å². The van der Waals surface area contributed by atoms with Crippen molar-refractivity contribution >= 4 is 11.6 Å². The molecule has 26 heavy (non-hydrogen) atoms. The summed E-state index contributed by atoms with van der Waals surface area (Å²) in [6.45, 7) is 7.00. The largest absolute Gasteiger partial charge is 0.390 e. The van der Waals surface area contributed by atoms with Crippen LogP contribution < -0.4 is 0 Å². The van der Waals surface area contributed by atoms with E-state index in [1.807, 2.05) is 6.07 Å². The number of hydrogen-bond acceptors (Lipinski definition) is 2. The molecule has 0 aromatic heterocycles. The predicted molar refractivity (Wildman–Crippen MR) is 111 cm³/mol. The molecule has 0 spiro atoms. The van der Waals surface area contributed by atoms with Crippen molar-refractivity contribution in [3.8, 4) is 0 Å². The molecule has 3 rings (SSSR count). The first-order valence-corrected chi connectivity index (χ1v) is 11.1. The van der Waals surface area contributed by atoms with E-state index in [0.717, 1.165) is 37.1 Å². The van der Waals surface area contributed by atoms with Crippen LogP contribution in [0.4, 0.5) is 0 Å². The van der Waals surface area contributed by atoms with Gasteiger partial charge in [0.1, 0.15) is 0 Å². The molecule has 2 nitrogen and oxygen atoms in total. The highest BCUT2D eigenvalue weighted by Gasteiger charge is 2.43. The summed E-state index contributed by atoms with van der Waals surface area (Å²) in [6, 6.07) is 8.89. The molecule has 146 valence electrons. The molecule has 1 saturated carbocycles. The molecule has 0 amide bonds. The summed E-state index contributed by atoms with van der Waals surface area (Å²) in [7, 11) is 0. The van der Waals surface area contributed by atoms with Crippen molar-refractivity contribution < 1.29 is 5.11 Å². The molecule has 3 atom stereocenters. The van der Waals surface area contributed by atoms with E-state index in [1.54, 1.807) is 0 Å². The average Bonchev–Trinajstić information content (AvgIpc) is 2.67. The van der Waals surface area contributed by atoms with Gasteiger partial charge in [-0.3, -0.25) is 4.90 Å². The quantitative estimate of drug-likeness (QED) is 0.655. The van der Waals surface area contributed by atoms with Gasteiger partial charge in [-0.1, -0.05) is 63.3 Å². The summed E-state index contributed by atoms with van der Waals surface area (Å²) in [5.41, 5.74) is 0.774. The van der Waals surface area contributed by atoms with Crippen LogP contribution in [0.2, 0.25) is 5.02 Å². The number of piperidine rings is 1. The van der Waals surface area contributed by atoms with Crippen LogP contribution >= 0.6 is 11.6 Å². The Kier molecular flexibility index (Phi) is 7.05. The van der Waals surface area contributed by atoms with Crippen molar-refractivity contribution in [1.82, 2.24) is 4.90 Å². The van der Waals surface area contributed by atoms with E-state index in [-0.39, 0.29) is 5.92 Å². The lowest BCUT2D eigenvalue weighted by molar-refractivity contribution is -0.0637. The van der Waals surface area contributed by atoms with E-state index in [9.17, 15) is 5.11 Å². The van der Waals surface area contributed by atoms with Gasteiger partial charge in [0.25, 0.3) is 0 Å². The Morgan fingerprint density at radius 2 is 1.73 bits per heavy atom. The highest BCUT2D eigenvalue weighted by atomic mass is 35.5. The van der Waals surface area contributed by atoms with Crippen molar-refractivity contribution in [2.75, 3.05) is 13.1 Å². The highest BCUT2D eigenvalue weighted by Crippen LogP contribution is 2.45. The molecule has 2 aliphatic rings. The van der Waals surface area contributed by atoms with E-state index in [0.29, 0.717) is 12.0 Å². The van der Waals surface area contributed by atoms with E-state index in [2.05, 4.69) is 36.9 Å². The molecule has 3 unspecified atom stereocenters. The van der Waals surface area contributed by atoms with Gasteiger partial charge in [0.2, 0.25) is 0 Å². The van der Waals surface area contributed by atoms with E-state index in [4.69, 9.17) is 11.6 Å². The van der Waals surface area contributed by atoms with Crippen LogP contribution in [0.1, 0.15) is 83.1 Å². The summed E-state index contributed by atoms with van der Waals surface area (Å²) in [5, 5.41) is 12.3. The monoisotopic (exact) mass is 377 g/mol. The van der Waals surface area contributed by atoms with E-state index < -0.39 is 5.60 Å². The Bertz CT molecular complexity index is 561. The second kappa shape index (κ2) is 9.08. The minimum absolute atomic E-state index is 0.244. The fourth-order valence-electron chi connectivity index (χ4n) is 5.50. The van der Waals surface area contributed by atoms with Gasteiger partial charge in [-0.25, -0.2) is 0 Å². The Labute approximate surface area is 164 Å². The third-order valence-corrected chi connectivity index (χ3v) is 7.27. The molecular formula is C23H36ClNO. The Morgan fingerprint density at radius 3 is 2.35 bits per heavy atom. The van der Waals surface area contributed by atoms with Gasteiger partial charge in [-0.15, -0.1) is 0 Å². The summed E-state index contributed by atoms with van der Waals surface area (Å²) < 4.78 is 0. The number of halogens is 1. The minimum Gasteiger partial charge on any atom is -0.390 e. The predicted octanol–water partition coefficient (Wildman–Crippen LogP) is 6.02. The number of aliphatic hydroxyl groups is 1. The third-order valence-electron chi connectivity index (χ3n) is 7.03. The number of likely N-dealkylation sites (tertiary alicyclic amines) is 1. The second-order valence-electron chi connectivity index (χ2n) is 8.61. The smallest absolute Gasteiger partial charge is 0.0679 e. The lowest BCUT2D eigenvalue weighted by Gasteiger charge is -2.47. The average molecular weight is 378 g/mol. The number of rotatable bonds is 6. The maximum absolute atomic E-state index is 11.5. The minimum atomic E-state index is -0.533. The molecule has 2 fully saturated rings. The first kappa shape index (κ1) is 20.2. The van der Waals surface area contributed by atoms with Crippen molar-refractivity contribution in [3.05, 3.63) is 34.9 Å². The van der Waals surface area contributed by atoms with Gasteiger partial charge in [0, 0.05) is 17.0 Å². The number of benzene rings is 1. The lowest BCUT2D eigenvalue weighted by Crippen LogP contribution is -2.49. The molecule has 1 saturated heterocycles. The molecule has 1 aliphatic heterocycles. The zero-order valence-electron chi connectivity index (χ0n) is 16.6. The van der Waals surface area contributed by atoms with E-state index >= 15 is 0 Å². The molecular weight excluding hydrogens is 342 g/mol. The van der Waals surface area contributed by atoms with Crippen molar-refractivity contribution in [2.24, 2.45) is 5.92 Å². The van der Waals surface area contributed by atoms with Crippen molar-refractivity contribution in [2.45, 2.75) is 89.2 Å². The first-order chi connectivity index (χ1) is 12.5. The lowest BCUT2D eigenvalue weighted by atomic mass is 9.66. The summed E-state index contributed by atoms with van der Waals surface area (Å²) in [6.07, 6.45) is 10.6. The van der Waals surface area contributed by atoms with Crippen LogP contribution in [0.3, 0.4) is 0 Å². The fourth-order valence-corrected chi connectivity index (χ4v) is 5.70. The molecule has 1 aromatic carbocycles. The topological polar surface area (TPSA) is 23.5 Å². The molecule has 1 N–H and O–H groups in total. The van der Waals surface area contributed by atoms with Crippen LogP contribution in [-0.4, -0.2) is 34.7 Å². The zero-order valence-corrected chi connectivity index (χ0v) is 17.3. The van der Waals surface area contributed by atoms with Gasteiger partial charge < -0.3 is 5.11 Å². The van der Waals surface area contributed by atoms with Crippen molar-refractivity contribution in [1.29, 1.82) is 0 Å². The maximum atomic E-state index is 11.5. The molecule has 1 aliphatic carbocycles. The summed E-state index contributed by atoms with van der Waals surface area (Å²) in [5.74, 6) is 0.577. The zero-order chi connectivity index (χ0) is 18.6. The van der Waals surface area contributed by atoms with Gasteiger partial charge in [-0.05, 0) is 68.8 Å². The third kappa shape index (κ3) is 4.46. The molecule has 0 radical (unpaired) electrons. The molecule has 3 heteroatoms. The Balaban J connectivity index is 1.94. The Morgan fingerprint density at radius 1 is 1.08 bits per heavy atom. The molecule has 0 bridgehead atoms. The van der Waals surface area contributed by atoms with Crippen LogP contribution in [-0.2, 0) is 0 Å². The number of hydrogen-bond donors (Lipinski definition) is 1.